The number of hydrazone groups is 1. The predicted octanol–water partition coefficient (Wildman–Crippen LogP) is 2.59. The highest BCUT2D eigenvalue weighted by Crippen LogP contribution is 2.17. The molecule has 2 amide bonds. The first-order chi connectivity index (χ1) is 13.5. The molecule has 0 aromatic heterocycles. The summed E-state index contributed by atoms with van der Waals surface area (Å²) >= 11 is 0. The molecule has 146 valence electrons. The maximum absolute atomic E-state index is 12.0. The lowest BCUT2D eigenvalue weighted by Gasteiger charge is -2.13. The number of hydrogen-bond donors (Lipinski definition) is 2. The molecule has 0 unspecified atom stereocenters. The molecule has 0 radical (unpaired) electrons. The van der Waals surface area contributed by atoms with E-state index in [9.17, 15) is 9.59 Å². The van der Waals surface area contributed by atoms with Gasteiger partial charge in [-0.1, -0.05) is 24.8 Å². The van der Waals surface area contributed by atoms with Gasteiger partial charge in [0.25, 0.3) is 0 Å². The van der Waals surface area contributed by atoms with Crippen LogP contribution in [0.4, 0.5) is 0 Å². The highest BCUT2D eigenvalue weighted by atomic mass is 16.5. The topological polar surface area (TPSA) is 89.0 Å². The maximum Gasteiger partial charge on any atom is 0.329 e. The quantitative estimate of drug-likeness (QED) is 0.318. The lowest BCUT2D eigenvalue weighted by molar-refractivity contribution is -0.139. The molecular weight excluding hydrogens is 358 g/mol. The van der Waals surface area contributed by atoms with Gasteiger partial charge in [-0.15, -0.1) is 0 Å². The second kappa shape index (κ2) is 10.5. The Kier molecular flexibility index (Phi) is 7.77. The van der Waals surface area contributed by atoms with Crippen molar-refractivity contribution in [2.24, 2.45) is 5.10 Å². The third-order valence-electron chi connectivity index (χ3n) is 3.80. The average molecular weight is 381 g/mol. The van der Waals surface area contributed by atoms with Crippen molar-refractivity contribution in [3.63, 3.8) is 0 Å². The lowest BCUT2D eigenvalue weighted by atomic mass is 10.1. The van der Waals surface area contributed by atoms with Crippen LogP contribution in [0, 0.1) is 0 Å². The van der Waals surface area contributed by atoms with Crippen LogP contribution in [0.15, 0.2) is 66.3 Å². The van der Waals surface area contributed by atoms with Crippen molar-refractivity contribution in [3.8, 4) is 11.5 Å². The first-order valence-electron chi connectivity index (χ1n) is 8.65. The third-order valence-corrected chi connectivity index (χ3v) is 3.80. The average Bonchev–Trinajstić information content (AvgIpc) is 2.73. The monoisotopic (exact) mass is 381 g/mol. The van der Waals surface area contributed by atoms with Gasteiger partial charge in [0.15, 0.2) is 0 Å². The largest absolute Gasteiger partial charge is 0.497 e. The first-order valence-corrected chi connectivity index (χ1v) is 8.65. The SMILES string of the molecule is C=CCOc1ccc(/C=N\NC(=O)C(=O)N[C@H](C)c2ccc(OC)cc2)cc1. The van der Waals surface area contributed by atoms with Crippen LogP contribution in [0.1, 0.15) is 24.1 Å². The van der Waals surface area contributed by atoms with Gasteiger partial charge in [-0.2, -0.15) is 5.10 Å². The van der Waals surface area contributed by atoms with Crippen LogP contribution in [0.2, 0.25) is 0 Å². The third kappa shape index (κ3) is 6.28. The summed E-state index contributed by atoms with van der Waals surface area (Å²) < 4.78 is 10.5. The fraction of sp³-hybridized carbons (Fsp3) is 0.190. The summed E-state index contributed by atoms with van der Waals surface area (Å²) in [6, 6.07) is 14.0. The van der Waals surface area contributed by atoms with Crippen molar-refractivity contribution in [1.82, 2.24) is 10.7 Å². The van der Waals surface area contributed by atoms with E-state index in [-0.39, 0.29) is 6.04 Å². The molecule has 0 spiro atoms. The van der Waals surface area contributed by atoms with E-state index in [0.29, 0.717) is 12.4 Å². The molecular formula is C21H23N3O4. The van der Waals surface area contributed by atoms with Gasteiger partial charge in [-0.05, 0) is 54.4 Å². The van der Waals surface area contributed by atoms with Gasteiger partial charge in [0.05, 0.1) is 19.4 Å². The number of hydrogen-bond acceptors (Lipinski definition) is 5. The van der Waals surface area contributed by atoms with Crippen LogP contribution in [-0.2, 0) is 9.59 Å². The Hall–Kier alpha value is -3.61. The van der Waals surface area contributed by atoms with Gasteiger partial charge in [0, 0.05) is 0 Å². The molecule has 1 atom stereocenters. The molecule has 28 heavy (non-hydrogen) atoms. The zero-order valence-electron chi connectivity index (χ0n) is 15.8. The van der Waals surface area contributed by atoms with Crippen molar-refractivity contribution in [2.45, 2.75) is 13.0 Å². The van der Waals surface area contributed by atoms with Crippen LogP contribution in [0.3, 0.4) is 0 Å². The summed E-state index contributed by atoms with van der Waals surface area (Å²) in [5.41, 5.74) is 3.81. The van der Waals surface area contributed by atoms with E-state index in [1.54, 1.807) is 56.5 Å². The number of nitrogens with one attached hydrogen (secondary N) is 2. The van der Waals surface area contributed by atoms with Crippen molar-refractivity contribution >= 4 is 18.0 Å². The minimum atomic E-state index is -0.845. The van der Waals surface area contributed by atoms with Crippen LogP contribution < -0.4 is 20.2 Å². The molecule has 0 saturated carbocycles. The lowest BCUT2D eigenvalue weighted by Crippen LogP contribution is -2.39. The van der Waals surface area contributed by atoms with E-state index < -0.39 is 11.8 Å². The number of ether oxygens (including phenoxy) is 2. The molecule has 2 rings (SSSR count). The Bertz CT molecular complexity index is 830. The summed E-state index contributed by atoms with van der Waals surface area (Å²) in [6.07, 6.45) is 3.10. The molecule has 2 aromatic carbocycles. The number of amides is 2. The Morgan fingerprint density at radius 2 is 1.71 bits per heavy atom. The molecule has 0 aliphatic carbocycles. The maximum atomic E-state index is 12.0. The fourth-order valence-corrected chi connectivity index (χ4v) is 2.26. The van der Waals surface area contributed by atoms with Crippen LogP contribution >= 0.6 is 0 Å². The second-order valence-electron chi connectivity index (χ2n) is 5.84. The van der Waals surface area contributed by atoms with E-state index in [2.05, 4.69) is 22.4 Å². The molecule has 0 aliphatic rings. The number of carbonyl (C=O) groups excluding carboxylic acids is 2. The zero-order valence-corrected chi connectivity index (χ0v) is 15.8. The number of methoxy groups -OCH3 is 1. The Morgan fingerprint density at radius 3 is 2.32 bits per heavy atom. The van der Waals surface area contributed by atoms with Gasteiger partial charge in [0.1, 0.15) is 18.1 Å². The van der Waals surface area contributed by atoms with Crippen LogP contribution in [0.25, 0.3) is 0 Å². The minimum absolute atomic E-state index is 0.337. The van der Waals surface area contributed by atoms with Gasteiger partial charge < -0.3 is 14.8 Å². The summed E-state index contributed by atoms with van der Waals surface area (Å²) in [6.45, 7) is 5.79. The molecule has 0 bridgehead atoms. The smallest absolute Gasteiger partial charge is 0.329 e. The normalized spacial score (nSPS) is 11.5. The fourth-order valence-electron chi connectivity index (χ4n) is 2.26. The predicted molar refractivity (Wildman–Crippen MR) is 107 cm³/mol. The summed E-state index contributed by atoms with van der Waals surface area (Å²) in [5.74, 6) is -0.196. The van der Waals surface area contributed by atoms with Gasteiger partial charge in [-0.25, -0.2) is 5.43 Å². The summed E-state index contributed by atoms with van der Waals surface area (Å²) in [4.78, 5) is 23.9. The second-order valence-corrected chi connectivity index (χ2v) is 5.84. The Morgan fingerprint density at radius 1 is 1.07 bits per heavy atom. The highest BCUT2D eigenvalue weighted by Gasteiger charge is 2.16. The first kappa shape index (κ1) is 20.7. The van der Waals surface area contributed by atoms with Gasteiger partial charge >= 0.3 is 11.8 Å². The van der Waals surface area contributed by atoms with E-state index in [1.807, 2.05) is 12.1 Å². The van der Waals surface area contributed by atoms with Crippen molar-refractivity contribution in [1.29, 1.82) is 0 Å². The Balaban J connectivity index is 1.83. The van der Waals surface area contributed by atoms with Crippen LogP contribution in [-0.4, -0.2) is 31.7 Å². The van der Waals surface area contributed by atoms with E-state index in [4.69, 9.17) is 9.47 Å². The summed E-state index contributed by atoms with van der Waals surface area (Å²) in [7, 11) is 1.58. The molecule has 2 N–H and O–H groups in total. The van der Waals surface area contributed by atoms with Crippen molar-refractivity contribution < 1.29 is 19.1 Å². The zero-order chi connectivity index (χ0) is 20.4. The molecule has 7 nitrogen and oxygen atoms in total. The minimum Gasteiger partial charge on any atom is -0.497 e. The molecule has 0 heterocycles. The van der Waals surface area contributed by atoms with Gasteiger partial charge in [-0.3, -0.25) is 9.59 Å². The van der Waals surface area contributed by atoms with E-state index in [0.717, 1.165) is 16.9 Å². The molecule has 0 fully saturated rings. The number of carbonyl (C=O) groups is 2. The molecule has 7 heteroatoms. The highest BCUT2D eigenvalue weighted by molar-refractivity contribution is 6.35. The standard InChI is InChI=1S/C21H23N3O4/c1-4-13-28-19-9-5-16(6-10-19)14-22-24-21(26)20(25)23-15(2)17-7-11-18(27-3)12-8-17/h4-12,14-15H,1,13H2,2-3H3,(H,23,25)(H,24,26)/b22-14-/t15-/m1/s1. The number of nitrogens with zero attached hydrogens (tertiary/aromatic N) is 1. The number of benzene rings is 2. The van der Waals surface area contributed by atoms with Crippen LogP contribution in [0.5, 0.6) is 11.5 Å². The van der Waals surface area contributed by atoms with E-state index >= 15 is 0 Å². The molecule has 0 aliphatic heterocycles. The van der Waals surface area contributed by atoms with Crippen molar-refractivity contribution in [3.05, 3.63) is 72.3 Å². The molecule has 2 aromatic rings. The van der Waals surface area contributed by atoms with Crippen molar-refractivity contribution in [2.75, 3.05) is 13.7 Å². The molecule has 0 saturated heterocycles. The van der Waals surface area contributed by atoms with E-state index in [1.165, 1.54) is 6.21 Å². The number of rotatable bonds is 8. The van der Waals surface area contributed by atoms with Gasteiger partial charge in [0.2, 0.25) is 0 Å². The summed E-state index contributed by atoms with van der Waals surface area (Å²) in [5, 5.41) is 6.42. The Labute approximate surface area is 164 Å².